The summed E-state index contributed by atoms with van der Waals surface area (Å²) in [5.41, 5.74) is 0.346. The minimum Gasteiger partial charge on any atom is -0.464 e. The van der Waals surface area contributed by atoms with Crippen LogP contribution in [-0.4, -0.2) is 25.8 Å². The van der Waals surface area contributed by atoms with Crippen LogP contribution >= 0.6 is 0 Å². The van der Waals surface area contributed by atoms with Gasteiger partial charge in [0, 0.05) is 5.56 Å². The minimum absolute atomic E-state index is 0.198. The standard InChI is InChI=1S/C20H19NO4/c1-2-23-19(22)20(14-21,16-8-4-3-5-9-16)17-10-6-7-15(13-17)18-24-11-12-25-18/h3-10,13,18H,2,11-12H2,1H3. The summed E-state index contributed by atoms with van der Waals surface area (Å²) in [6.07, 6.45) is -0.477. The van der Waals surface area contributed by atoms with Crippen LogP contribution in [0.2, 0.25) is 0 Å². The summed E-state index contributed by atoms with van der Waals surface area (Å²) in [5, 5.41) is 10.0. The van der Waals surface area contributed by atoms with Gasteiger partial charge in [0.1, 0.15) is 0 Å². The Bertz CT molecular complexity index is 778. The number of hydrogen-bond donors (Lipinski definition) is 0. The van der Waals surface area contributed by atoms with Crippen molar-refractivity contribution in [3.63, 3.8) is 0 Å². The molecule has 0 N–H and O–H groups in total. The fourth-order valence-electron chi connectivity index (χ4n) is 2.97. The third-order valence-electron chi connectivity index (χ3n) is 4.17. The third-order valence-corrected chi connectivity index (χ3v) is 4.17. The van der Waals surface area contributed by atoms with Crippen molar-refractivity contribution in [3.05, 3.63) is 71.3 Å². The first-order valence-corrected chi connectivity index (χ1v) is 8.20. The Balaban J connectivity index is 2.13. The molecule has 0 bridgehead atoms. The maximum absolute atomic E-state index is 12.8. The van der Waals surface area contributed by atoms with Gasteiger partial charge in [-0.2, -0.15) is 5.26 Å². The quantitative estimate of drug-likeness (QED) is 0.784. The molecule has 0 aliphatic carbocycles. The van der Waals surface area contributed by atoms with Crippen LogP contribution in [0.4, 0.5) is 0 Å². The molecule has 0 amide bonds. The lowest BCUT2D eigenvalue weighted by Gasteiger charge is -2.26. The van der Waals surface area contributed by atoms with Gasteiger partial charge >= 0.3 is 5.97 Å². The summed E-state index contributed by atoms with van der Waals surface area (Å²) >= 11 is 0. The molecule has 1 fully saturated rings. The Morgan fingerprint density at radius 2 is 1.84 bits per heavy atom. The Labute approximate surface area is 146 Å². The summed E-state index contributed by atoms with van der Waals surface area (Å²) in [6, 6.07) is 18.3. The zero-order valence-corrected chi connectivity index (χ0v) is 14.0. The van der Waals surface area contributed by atoms with Gasteiger partial charge in [-0.3, -0.25) is 0 Å². The largest absolute Gasteiger partial charge is 0.464 e. The number of nitrogens with zero attached hydrogens (tertiary/aromatic N) is 1. The molecule has 3 rings (SSSR count). The van der Waals surface area contributed by atoms with E-state index in [9.17, 15) is 10.1 Å². The number of nitriles is 1. The van der Waals surface area contributed by atoms with Gasteiger partial charge in [-0.15, -0.1) is 0 Å². The second-order valence-electron chi connectivity index (χ2n) is 5.65. The van der Waals surface area contributed by atoms with E-state index in [2.05, 4.69) is 6.07 Å². The molecule has 5 heteroatoms. The maximum atomic E-state index is 12.8. The Kier molecular flexibility index (Phi) is 5.13. The average molecular weight is 337 g/mol. The number of carbonyl (C=O) groups excluding carboxylic acids is 1. The second-order valence-corrected chi connectivity index (χ2v) is 5.65. The fraction of sp³-hybridized carbons (Fsp3) is 0.300. The van der Waals surface area contributed by atoms with E-state index in [1.807, 2.05) is 12.1 Å². The van der Waals surface area contributed by atoms with Crippen molar-refractivity contribution in [1.82, 2.24) is 0 Å². The highest BCUT2D eigenvalue weighted by Gasteiger charge is 2.44. The highest BCUT2D eigenvalue weighted by molar-refractivity contribution is 5.91. The lowest BCUT2D eigenvalue weighted by Crippen LogP contribution is -2.37. The normalized spacial score (nSPS) is 16.8. The number of carbonyl (C=O) groups is 1. The predicted molar refractivity (Wildman–Crippen MR) is 90.6 cm³/mol. The molecule has 2 aromatic carbocycles. The van der Waals surface area contributed by atoms with Crippen molar-refractivity contribution in [2.24, 2.45) is 0 Å². The monoisotopic (exact) mass is 337 g/mol. The van der Waals surface area contributed by atoms with Crippen molar-refractivity contribution in [1.29, 1.82) is 5.26 Å². The van der Waals surface area contributed by atoms with Gasteiger partial charge in [-0.1, -0.05) is 48.5 Å². The first kappa shape index (κ1) is 17.2. The molecule has 1 heterocycles. The summed E-state index contributed by atoms with van der Waals surface area (Å²) in [6.45, 7) is 2.97. The van der Waals surface area contributed by atoms with Gasteiger partial charge < -0.3 is 14.2 Å². The number of esters is 1. The van der Waals surface area contributed by atoms with Crippen LogP contribution in [0.1, 0.15) is 29.9 Å². The molecule has 0 saturated carbocycles. The summed E-state index contributed by atoms with van der Waals surface area (Å²) < 4.78 is 16.3. The van der Waals surface area contributed by atoms with E-state index in [1.165, 1.54) is 0 Å². The maximum Gasteiger partial charge on any atom is 0.335 e. The van der Waals surface area contributed by atoms with Gasteiger partial charge in [0.2, 0.25) is 5.41 Å². The molecule has 1 aliphatic heterocycles. The molecule has 0 aromatic heterocycles. The number of ether oxygens (including phenoxy) is 3. The number of rotatable bonds is 5. The predicted octanol–water partition coefficient (Wildman–Crippen LogP) is 3.10. The summed E-state index contributed by atoms with van der Waals surface area (Å²) in [7, 11) is 0. The van der Waals surface area contributed by atoms with Gasteiger partial charge in [-0.25, -0.2) is 4.79 Å². The smallest absolute Gasteiger partial charge is 0.335 e. The summed E-state index contributed by atoms with van der Waals surface area (Å²) in [4.78, 5) is 12.8. The van der Waals surface area contributed by atoms with E-state index < -0.39 is 17.7 Å². The first-order chi connectivity index (χ1) is 12.2. The van der Waals surface area contributed by atoms with Crippen LogP contribution in [0.25, 0.3) is 0 Å². The Morgan fingerprint density at radius 1 is 1.16 bits per heavy atom. The lowest BCUT2D eigenvalue weighted by atomic mass is 9.75. The number of benzene rings is 2. The molecular weight excluding hydrogens is 318 g/mol. The van der Waals surface area contributed by atoms with Crippen molar-refractivity contribution in [2.75, 3.05) is 19.8 Å². The topological polar surface area (TPSA) is 68.6 Å². The van der Waals surface area contributed by atoms with E-state index >= 15 is 0 Å². The lowest BCUT2D eigenvalue weighted by molar-refractivity contribution is -0.146. The van der Waals surface area contributed by atoms with Crippen molar-refractivity contribution < 1.29 is 19.0 Å². The SMILES string of the molecule is CCOC(=O)C(C#N)(c1ccccc1)c1cccc(C2OCCO2)c1. The van der Waals surface area contributed by atoms with Crippen LogP contribution < -0.4 is 0 Å². The zero-order chi connectivity index (χ0) is 17.7. The van der Waals surface area contributed by atoms with Crippen LogP contribution in [-0.2, 0) is 24.4 Å². The van der Waals surface area contributed by atoms with Crippen LogP contribution in [0, 0.1) is 11.3 Å². The van der Waals surface area contributed by atoms with Crippen LogP contribution in [0.15, 0.2) is 54.6 Å². The minimum atomic E-state index is -1.54. The van der Waals surface area contributed by atoms with Gasteiger partial charge in [0.15, 0.2) is 6.29 Å². The molecule has 0 spiro atoms. The van der Waals surface area contributed by atoms with Gasteiger partial charge in [-0.05, 0) is 24.1 Å². The molecule has 1 aliphatic rings. The molecule has 128 valence electrons. The number of hydrogen-bond acceptors (Lipinski definition) is 5. The van der Waals surface area contributed by atoms with Crippen molar-refractivity contribution >= 4 is 5.97 Å². The highest BCUT2D eigenvalue weighted by Crippen LogP contribution is 2.35. The van der Waals surface area contributed by atoms with E-state index in [1.54, 1.807) is 49.4 Å². The molecule has 1 unspecified atom stereocenters. The molecular formula is C20H19NO4. The fourth-order valence-corrected chi connectivity index (χ4v) is 2.97. The summed E-state index contributed by atoms with van der Waals surface area (Å²) in [5.74, 6) is -0.589. The molecule has 2 aromatic rings. The van der Waals surface area contributed by atoms with Gasteiger partial charge in [0.25, 0.3) is 0 Å². The average Bonchev–Trinajstić information content (AvgIpc) is 3.19. The van der Waals surface area contributed by atoms with E-state index in [0.29, 0.717) is 24.3 Å². The van der Waals surface area contributed by atoms with E-state index in [-0.39, 0.29) is 6.61 Å². The second kappa shape index (κ2) is 7.47. The molecule has 5 nitrogen and oxygen atoms in total. The van der Waals surface area contributed by atoms with Gasteiger partial charge in [0.05, 0.1) is 25.9 Å². The molecule has 25 heavy (non-hydrogen) atoms. The van der Waals surface area contributed by atoms with Crippen LogP contribution in [0.5, 0.6) is 0 Å². The van der Waals surface area contributed by atoms with Crippen molar-refractivity contribution in [2.45, 2.75) is 18.6 Å². The van der Waals surface area contributed by atoms with E-state index in [0.717, 1.165) is 5.56 Å². The van der Waals surface area contributed by atoms with Crippen molar-refractivity contribution in [3.8, 4) is 6.07 Å². The first-order valence-electron chi connectivity index (χ1n) is 8.20. The highest BCUT2D eigenvalue weighted by atomic mass is 16.7. The molecule has 1 atom stereocenters. The molecule has 1 saturated heterocycles. The third kappa shape index (κ3) is 3.14. The molecule has 0 radical (unpaired) electrons. The Morgan fingerprint density at radius 3 is 2.48 bits per heavy atom. The van der Waals surface area contributed by atoms with E-state index in [4.69, 9.17) is 14.2 Å². The Hall–Kier alpha value is -2.68. The zero-order valence-electron chi connectivity index (χ0n) is 14.0. The van der Waals surface area contributed by atoms with Crippen LogP contribution in [0.3, 0.4) is 0 Å².